The fourth-order valence-corrected chi connectivity index (χ4v) is 2.68. The van der Waals surface area contributed by atoms with Gasteiger partial charge in [-0.25, -0.2) is 0 Å². The number of hydrogen-bond donors (Lipinski definition) is 2. The van der Waals surface area contributed by atoms with Crippen molar-refractivity contribution in [3.8, 4) is 0 Å². The molecule has 0 bridgehead atoms. The standard InChI is InChI=1S/C15H21Cl2N3O/c16-13-3-2-12(10-14(13)17)11-15(21)19-4-1-7-20-8-5-18-6-9-20/h2-3,10,18H,1,4-9,11H2,(H,19,21). The minimum atomic E-state index is 0.0219. The van der Waals surface area contributed by atoms with Gasteiger partial charge in [0.1, 0.15) is 0 Å². The summed E-state index contributed by atoms with van der Waals surface area (Å²) in [4.78, 5) is 14.3. The van der Waals surface area contributed by atoms with E-state index in [1.807, 2.05) is 6.07 Å². The maximum atomic E-state index is 11.8. The quantitative estimate of drug-likeness (QED) is 0.784. The van der Waals surface area contributed by atoms with Crippen LogP contribution >= 0.6 is 23.2 Å². The molecule has 0 saturated carbocycles. The molecule has 1 amide bonds. The lowest BCUT2D eigenvalue weighted by atomic mass is 10.1. The first-order valence-corrected chi connectivity index (χ1v) is 8.04. The number of hydrogen-bond acceptors (Lipinski definition) is 3. The highest BCUT2D eigenvalue weighted by molar-refractivity contribution is 6.42. The van der Waals surface area contributed by atoms with E-state index >= 15 is 0 Å². The van der Waals surface area contributed by atoms with Gasteiger partial charge in [0.15, 0.2) is 0 Å². The van der Waals surface area contributed by atoms with Crippen molar-refractivity contribution in [1.82, 2.24) is 15.5 Å². The van der Waals surface area contributed by atoms with E-state index in [0.717, 1.165) is 44.7 Å². The molecule has 1 aliphatic heterocycles. The van der Waals surface area contributed by atoms with E-state index in [1.54, 1.807) is 12.1 Å². The van der Waals surface area contributed by atoms with Crippen LogP contribution in [0.5, 0.6) is 0 Å². The summed E-state index contributed by atoms with van der Waals surface area (Å²) in [5, 5.41) is 7.27. The van der Waals surface area contributed by atoms with Crippen molar-refractivity contribution in [1.29, 1.82) is 0 Å². The Kier molecular flexibility index (Phi) is 6.77. The van der Waals surface area contributed by atoms with Gasteiger partial charge in [0.25, 0.3) is 0 Å². The molecule has 1 aliphatic rings. The summed E-state index contributed by atoms with van der Waals surface area (Å²) in [6.45, 7) is 6.06. The number of nitrogens with one attached hydrogen (secondary N) is 2. The zero-order valence-corrected chi connectivity index (χ0v) is 13.5. The van der Waals surface area contributed by atoms with Crippen LogP contribution in [0.4, 0.5) is 0 Å². The normalized spacial score (nSPS) is 15.9. The lowest BCUT2D eigenvalue weighted by Crippen LogP contribution is -2.44. The predicted octanol–water partition coefficient (Wildman–Crippen LogP) is 1.95. The second kappa shape index (κ2) is 8.59. The fourth-order valence-electron chi connectivity index (χ4n) is 2.36. The summed E-state index contributed by atoms with van der Waals surface area (Å²) >= 11 is 11.8. The number of nitrogens with zero attached hydrogens (tertiary/aromatic N) is 1. The third-order valence-corrected chi connectivity index (χ3v) is 4.27. The molecule has 6 heteroatoms. The molecule has 0 aromatic heterocycles. The minimum absolute atomic E-state index is 0.0219. The Morgan fingerprint density at radius 2 is 2.00 bits per heavy atom. The van der Waals surface area contributed by atoms with Gasteiger partial charge in [-0.3, -0.25) is 4.79 Å². The van der Waals surface area contributed by atoms with Crippen LogP contribution < -0.4 is 10.6 Å². The first-order valence-electron chi connectivity index (χ1n) is 7.29. The minimum Gasteiger partial charge on any atom is -0.356 e. The second-order valence-corrected chi connectivity index (χ2v) is 6.03. The zero-order chi connectivity index (χ0) is 15.1. The van der Waals surface area contributed by atoms with Gasteiger partial charge in [-0.05, 0) is 30.7 Å². The van der Waals surface area contributed by atoms with E-state index < -0.39 is 0 Å². The van der Waals surface area contributed by atoms with Gasteiger partial charge in [-0.2, -0.15) is 0 Å². The van der Waals surface area contributed by atoms with Crippen LogP contribution in [0.25, 0.3) is 0 Å². The summed E-state index contributed by atoms with van der Waals surface area (Å²) < 4.78 is 0. The molecule has 0 spiro atoms. The molecule has 4 nitrogen and oxygen atoms in total. The molecule has 21 heavy (non-hydrogen) atoms. The highest BCUT2D eigenvalue weighted by Gasteiger charge is 2.09. The van der Waals surface area contributed by atoms with Crippen LogP contribution in [0.2, 0.25) is 10.0 Å². The largest absolute Gasteiger partial charge is 0.356 e. The molecule has 0 radical (unpaired) electrons. The molecular formula is C15H21Cl2N3O. The average molecular weight is 330 g/mol. The first kappa shape index (κ1) is 16.6. The number of piperazine rings is 1. The Hall–Kier alpha value is -0.810. The summed E-state index contributed by atoms with van der Waals surface area (Å²) in [6, 6.07) is 5.29. The summed E-state index contributed by atoms with van der Waals surface area (Å²) in [7, 11) is 0. The highest BCUT2D eigenvalue weighted by atomic mass is 35.5. The molecule has 116 valence electrons. The average Bonchev–Trinajstić information content (AvgIpc) is 2.49. The van der Waals surface area contributed by atoms with Crippen molar-refractivity contribution in [3.63, 3.8) is 0 Å². The Labute approximate surface area is 135 Å². The molecule has 1 aromatic rings. The predicted molar refractivity (Wildman–Crippen MR) is 87.1 cm³/mol. The first-order chi connectivity index (χ1) is 10.1. The van der Waals surface area contributed by atoms with Crippen molar-refractivity contribution in [2.75, 3.05) is 39.3 Å². The zero-order valence-electron chi connectivity index (χ0n) is 12.0. The highest BCUT2D eigenvalue weighted by Crippen LogP contribution is 2.22. The maximum absolute atomic E-state index is 11.8. The van der Waals surface area contributed by atoms with E-state index in [1.165, 1.54) is 0 Å². The van der Waals surface area contributed by atoms with E-state index in [4.69, 9.17) is 23.2 Å². The Bertz CT molecular complexity index is 476. The van der Waals surface area contributed by atoms with E-state index in [9.17, 15) is 4.79 Å². The van der Waals surface area contributed by atoms with Gasteiger partial charge in [0, 0.05) is 32.7 Å². The van der Waals surface area contributed by atoms with Crippen LogP contribution in [0.1, 0.15) is 12.0 Å². The van der Waals surface area contributed by atoms with Gasteiger partial charge < -0.3 is 15.5 Å². The van der Waals surface area contributed by atoms with Crippen LogP contribution in [-0.4, -0.2) is 50.1 Å². The Morgan fingerprint density at radius 3 is 2.71 bits per heavy atom. The van der Waals surface area contributed by atoms with E-state index in [-0.39, 0.29) is 5.91 Å². The van der Waals surface area contributed by atoms with Crippen molar-refractivity contribution < 1.29 is 4.79 Å². The third-order valence-electron chi connectivity index (χ3n) is 3.53. The molecular weight excluding hydrogens is 309 g/mol. The van der Waals surface area contributed by atoms with Gasteiger partial charge in [-0.1, -0.05) is 29.3 Å². The van der Waals surface area contributed by atoms with Crippen molar-refractivity contribution >= 4 is 29.1 Å². The van der Waals surface area contributed by atoms with Gasteiger partial charge >= 0.3 is 0 Å². The smallest absolute Gasteiger partial charge is 0.224 e. The summed E-state index contributed by atoms with van der Waals surface area (Å²) in [6.07, 6.45) is 1.32. The van der Waals surface area contributed by atoms with Crippen molar-refractivity contribution in [2.45, 2.75) is 12.8 Å². The van der Waals surface area contributed by atoms with E-state index in [0.29, 0.717) is 23.0 Å². The van der Waals surface area contributed by atoms with Crippen molar-refractivity contribution in [3.05, 3.63) is 33.8 Å². The van der Waals surface area contributed by atoms with Crippen LogP contribution in [0, 0.1) is 0 Å². The van der Waals surface area contributed by atoms with Crippen LogP contribution in [0.15, 0.2) is 18.2 Å². The lowest BCUT2D eigenvalue weighted by Gasteiger charge is -2.27. The van der Waals surface area contributed by atoms with Gasteiger partial charge in [0.05, 0.1) is 16.5 Å². The molecule has 2 N–H and O–H groups in total. The lowest BCUT2D eigenvalue weighted by molar-refractivity contribution is -0.120. The Morgan fingerprint density at radius 1 is 1.24 bits per heavy atom. The molecule has 0 atom stereocenters. The van der Waals surface area contributed by atoms with Gasteiger partial charge in [-0.15, -0.1) is 0 Å². The molecule has 1 fully saturated rings. The fraction of sp³-hybridized carbons (Fsp3) is 0.533. The molecule has 1 heterocycles. The number of halogens is 2. The molecule has 0 unspecified atom stereocenters. The topological polar surface area (TPSA) is 44.4 Å². The third kappa shape index (κ3) is 5.83. The Balaban J connectivity index is 1.63. The number of amides is 1. The summed E-state index contributed by atoms with van der Waals surface area (Å²) in [5.41, 5.74) is 0.879. The monoisotopic (exact) mass is 329 g/mol. The SMILES string of the molecule is O=C(Cc1ccc(Cl)c(Cl)c1)NCCCN1CCNCC1. The van der Waals surface area contributed by atoms with Gasteiger partial charge in [0.2, 0.25) is 5.91 Å². The summed E-state index contributed by atoms with van der Waals surface area (Å²) in [5.74, 6) is 0.0219. The number of carbonyl (C=O) groups excluding carboxylic acids is 1. The maximum Gasteiger partial charge on any atom is 0.224 e. The van der Waals surface area contributed by atoms with Crippen LogP contribution in [0.3, 0.4) is 0 Å². The number of benzene rings is 1. The van der Waals surface area contributed by atoms with Crippen LogP contribution in [-0.2, 0) is 11.2 Å². The van der Waals surface area contributed by atoms with E-state index in [2.05, 4.69) is 15.5 Å². The molecule has 2 rings (SSSR count). The second-order valence-electron chi connectivity index (χ2n) is 5.22. The molecule has 1 saturated heterocycles. The molecule has 1 aromatic carbocycles. The number of carbonyl (C=O) groups is 1. The number of rotatable bonds is 6. The molecule has 0 aliphatic carbocycles. The van der Waals surface area contributed by atoms with Crippen molar-refractivity contribution in [2.24, 2.45) is 0 Å².